The number of azide groups is 2. The average Bonchev–Trinajstić information content (AvgIpc) is 1.43. The Bertz CT molecular complexity index is 4770. The van der Waals surface area contributed by atoms with E-state index in [0.29, 0.717) is 39.3 Å². The van der Waals surface area contributed by atoms with Crippen LogP contribution in [0.15, 0.2) is 109 Å². The molecule has 6 atom stereocenters. The van der Waals surface area contributed by atoms with Crippen molar-refractivity contribution in [3.63, 3.8) is 0 Å². The number of benzene rings is 4. The largest absolute Gasteiger partial charge is 0.491 e. The molecule has 0 spiro atoms. The lowest BCUT2D eigenvalue weighted by Gasteiger charge is -2.37. The summed E-state index contributed by atoms with van der Waals surface area (Å²) in [7, 11) is -15.5. The number of hydrogen-bond acceptors (Lipinski definition) is 25. The number of anilines is 2. The van der Waals surface area contributed by atoms with Crippen LogP contribution in [0.3, 0.4) is 0 Å². The molecule has 3 aromatic heterocycles. The highest BCUT2D eigenvalue weighted by Crippen LogP contribution is 2.66. The zero-order chi connectivity index (χ0) is 73.4. The number of phosphoric ester groups is 1. The molecule has 1 fully saturated rings. The van der Waals surface area contributed by atoms with Gasteiger partial charge < -0.3 is 79.2 Å². The summed E-state index contributed by atoms with van der Waals surface area (Å²) in [5.74, 6) is 3.52. The Morgan fingerprint density at radius 1 is 0.903 bits per heavy atom. The number of nitrogen functional groups attached to an aromatic ring is 1. The Hall–Kier alpha value is -9.43. The maximum absolute atomic E-state index is 14.6. The number of nitrogens with zero attached hydrogens (tertiary/aromatic N) is 11. The van der Waals surface area contributed by atoms with Gasteiger partial charge in [-0.05, 0) is 96.8 Å². The van der Waals surface area contributed by atoms with E-state index in [2.05, 4.69) is 76.9 Å². The third-order valence-electron chi connectivity index (χ3n) is 16.0. The highest BCUT2D eigenvalue weighted by atomic mass is 32.1. The number of para-hydroxylation sites is 1. The SMILES string of the molecule is CN(CCCC(=O)NCCNC(=O)c1cccc(OCC(N=[N+]=[N-])OCCOCC(=O)NCC#Cc2cn(C3CC(OCN=[N+]=[N-])C(COP(=O)(O)OP(=O)(O)OP(=O)(O)O)O3)c(=O)nc2N)c1)C(=O)c1ccccc1-c1c(-c2nc3ccccc3s2)c(=O)oc2c3c4c(cc12)CCCN4CCC3. The van der Waals surface area contributed by atoms with Gasteiger partial charge in [0.2, 0.25) is 11.8 Å². The quantitative estimate of drug-likeness (QED) is 0.00415. The van der Waals surface area contributed by atoms with Gasteiger partial charge in [-0.25, -0.2) is 28.3 Å². The molecule has 3 aliphatic rings. The minimum absolute atomic E-state index is 0.0284. The first kappa shape index (κ1) is 76.2. The Morgan fingerprint density at radius 2 is 1.68 bits per heavy atom. The maximum Gasteiger partial charge on any atom is 0.490 e. The molecule has 103 heavy (non-hydrogen) atoms. The molecule has 0 saturated carbocycles. The zero-order valence-electron chi connectivity index (χ0n) is 54.7. The van der Waals surface area contributed by atoms with Gasteiger partial charge in [0, 0.05) is 102 Å². The molecule has 4 aromatic carbocycles. The first-order chi connectivity index (χ1) is 49.4. The summed E-state index contributed by atoms with van der Waals surface area (Å²) in [6.45, 7) is -0.572. The van der Waals surface area contributed by atoms with Crippen LogP contribution in [0.4, 0.5) is 11.5 Å². The van der Waals surface area contributed by atoms with Crippen molar-refractivity contribution in [2.75, 3.05) is 96.7 Å². The van der Waals surface area contributed by atoms with Crippen molar-refractivity contribution in [2.24, 2.45) is 10.2 Å². The molecule has 6 heterocycles. The number of aryl methyl sites for hydroxylation is 2. The lowest BCUT2D eigenvalue weighted by atomic mass is 9.86. The first-order valence-electron chi connectivity index (χ1n) is 31.7. The summed E-state index contributed by atoms with van der Waals surface area (Å²) in [5, 5.41) is 16.1. The van der Waals surface area contributed by atoms with E-state index >= 15 is 0 Å². The summed E-state index contributed by atoms with van der Waals surface area (Å²) in [6, 6.07) is 23.2. The molecule has 9 N–H and O–H groups in total. The van der Waals surface area contributed by atoms with Crippen molar-refractivity contribution >= 4 is 91.1 Å². The molecule has 6 unspecified atom stereocenters. The van der Waals surface area contributed by atoms with Crippen LogP contribution in [-0.2, 0) is 68.2 Å². The summed E-state index contributed by atoms with van der Waals surface area (Å²) in [5.41, 5.74) is 29.0. The fraction of sp³-hybridized carbons (Fsp3) is 0.387. The number of nitrogens with one attached hydrogen (secondary N) is 3. The number of rotatable bonds is 33. The van der Waals surface area contributed by atoms with Gasteiger partial charge in [-0.2, -0.15) is 13.6 Å². The van der Waals surface area contributed by atoms with E-state index in [1.54, 1.807) is 42.3 Å². The van der Waals surface area contributed by atoms with Gasteiger partial charge in [-0.15, -0.1) is 11.3 Å². The van der Waals surface area contributed by atoms with Crippen LogP contribution < -0.4 is 42.6 Å². The number of carbonyl (C=O) groups is 4. The molecule has 0 aliphatic carbocycles. The summed E-state index contributed by atoms with van der Waals surface area (Å²) < 4.78 is 83.2. The van der Waals surface area contributed by atoms with E-state index in [-0.39, 0.29) is 93.3 Å². The average molecular weight is 1500 g/mol. The normalized spacial score (nSPS) is 16.9. The van der Waals surface area contributed by atoms with Gasteiger partial charge in [0.15, 0.2) is 6.23 Å². The first-order valence-corrected chi connectivity index (χ1v) is 37.0. The van der Waals surface area contributed by atoms with Gasteiger partial charge in [-0.3, -0.25) is 28.3 Å². The van der Waals surface area contributed by atoms with E-state index in [0.717, 1.165) is 76.4 Å². The predicted molar refractivity (Wildman–Crippen MR) is 369 cm³/mol. The lowest BCUT2D eigenvalue weighted by molar-refractivity contribution is -0.126. The molecular weight excluding hydrogens is 1430 g/mol. The van der Waals surface area contributed by atoms with Crippen molar-refractivity contribution in [2.45, 2.75) is 69.6 Å². The minimum Gasteiger partial charge on any atom is -0.491 e. The number of fused-ring (bicyclic) bond motifs is 3. The number of carbonyl (C=O) groups excluding carboxylic acids is 4. The Labute approximate surface area is 588 Å². The van der Waals surface area contributed by atoms with Gasteiger partial charge in [0.25, 0.3) is 11.8 Å². The van der Waals surface area contributed by atoms with E-state index in [4.69, 9.17) is 54.1 Å². The van der Waals surface area contributed by atoms with Crippen LogP contribution in [0, 0.1) is 11.8 Å². The van der Waals surface area contributed by atoms with Crippen LogP contribution in [0.2, 0.25) is 0 Å². The van der Waals surface area contributed by atoms with Crippen molar-refractivity contribution in [3.8, 4) is 39.3 Å². The van der Waals surface area contributed by atoms with E-state index < -0.39 is 91.2 Å². The van der Waals surface area contributed by atoms with E-state index in [1.165, 1.54) is 23.0 Å². The van der Waals surface area contributed by atoms with Gasteiger partial charge in [0.1, 0.15) is 60.0 Å². The van der Waals surface area contributed by atoms with Gasteiger partial charge in [-0.1, -0.05) is 58.5 Å². The fourth-order valence-electron chi connectivity index (χ4n) is 11.6. The molecule has 1 saturated heterocycles. The number of aromatic nitrogens is 3. The lowest BCUT2D eigenvalue weighted by Crippen LogP contribution is -2.35. The minimum atomic E-state index is -5.86. The molecule has 0 bridgehead atoms. The summed E-state index contributed by atoms with van der Waals surface area (Å²) in [4.78, 5) is 136. The molecule has 3 aliphatic heterocycles. The fourth-order valence-corrected chi connectivity index (χ4v) is 15.7. The van der Waals surface area contributed by atoms with Crippen LogP contribution in [0.1, 0.15) is 75.7 Å². The second-order valence-electron chi connectivity index (χ2n) is 23.1. The van der Waals surface area contributed by atoms with Crippen LogP contribution >= 0.6 is 34.8 Å². The highest BCUT2D eigenvalue weighted by Gasteiger charge is 2.44. The van der Waals surface area contributed by atoms with Crippen molar-refractivity contribution in [3.05, 3.63) is 155 Å². The summed E-state index contributed by atoms with van der Waals surface area (Å²) in [6.07, 6.45) is -0.129. The molecule has 41 heteroatoms. The Kier molecular flexibility index (Phi) is 25.7. The number of thiazole rings is 1. The maximum atomic E-state index is 14.6. The third kappa shape index (κ3) is 20.3. The number of phosphoric acid groups is 3. The molecule has 544 valence electrons. The van der Waals surface area contributed by atoms with E-state index in [1.807, 2.05) is 36.4 Å². The smallest absolute Gasteiger partial charge is 0.490 e. The van der Waals surface area contributed by atoms with Crippen molar-refractivity contribution < 1.29 is 93.7 Å². The number of hydrogen-bond donors (Lipinski definition) is 8. The Morgan fingerprint density at radius 3 is 2.47 bits per heavy atom. The molecule has 10 rings (SSSR count). The standard InChI is InChI=1S/C62H68N15O22P3S/c1-75(60(81)42-16-3-2-15-41(42)53-44-30-37-13-8-25-76-26-9-17-43(55(37)76)56(44)97-61(82)54(53)59-70-45-18-4-5-19-48(45)103-59)24-10-20-49(78)67-22-23-68-58(80)38-11-6-14-40(29-38)93-35-51(72-74-65)92-28-27-91-34-50(79)66-21-7-12-39-32-77(62(83)71-57(39)63)52-31-46(94-36-69-73-64)47(96-52)33-95-101(87,88)99-102(89,90)98-100(84,85)86/h2-6,11,14-16,18-19,29-30,32,46-47,51-52H,8-10,13,17,20-28,31,33-36H2,1H3,(H,66,79)(H,67,78)(H,68,80)(H,87,88)(H,89,90)(H2,63,71,83)(H2,84,85,86). The number of nitrogens with two attached hydrogens (primary N) is 1. The van der Waals surface area contributed by atoms with Crippen LogP contribution in [-0.4, -0.2) is 167 Å². The van der Waals surface area contributed by atoms with Crippen LogP contribution in [0.5, 0.6) is 5.75 Å². The second-order valence-corrected chi connectivity index (χ2v) is 28.5. The second kappa shape index (κ2) is 34.7. The molecule has 7 aromatic rings. The molecular formula is C62H68N15O22P3S. The molecule has 0 radical (unpaired) electrons. The highest BCUT2D eigenvalue weighted by molar-refractivity contribution is 7.66. The number of ether oxygens (including phenoxy) is 5. The third-order valence-corrected chi connectivity index (χ3v) is 20.9. The topological polar surface area (TPSA) is 518 Å². The van der Waals surface area contributed by atoms with Crippen LogP contribution in [0.25, 0.3) is 63.8 Å². The monoisotopic (exact) mass is 1500 g/mol. The van der Waals surface area contributed by atoms with Gasteiger partial charge >= 0.3 is 34.8 Å². The molecule has 4 amide bonds. The number of amides is 4. The van der Waals surface area contributed by atoms with Gasteiger partial charge in [0.05, 0.1) is 48.2 Å². The predicted octanol–water partition coefficient (Wildman–Crippen LogP) is 6.47. The summed E-state index contributed by atoms with van der Waals surface area (Å²) >= 11 is 1.39. The van der Waals surface area contributed by atoms with Crippen molar-refractivity contribution in [1.82, 2.24) is 35.4 Å². The van der Waals surface area contributed by atoms with E-state index in [9.17, 15) is 57.8 Å². The Balaban J connectivity index is 0.636. The van der Waals surface area contributed by atoms with Crippen molar-refractivity contribution in [1.29, 1.82) is 0 Å². The zero-order valence-corrected chi connectivity index (χ0v) is 58.2. The molecule has 37 nitrogen and oxygen atoms in total.